The summed E-state index contributed by atoms with van der Waals surface area (Å²) < 4.78 is 27.4. The van der Waals surface area contributed by atoms with Gasteiger partial charge in [-0.05, 0) is 0 Å². The standard InChI is InChI=1S/C4H8N2O3/c5-4(9)6-2-1-3(7)8/h1-2H2,(H,7,8)(H3,5,6,9)/i1D2,2D2. The number of carbonyl (C=O) groups excluding carboxylic acids is 1. The maximum Gasteiger partial charge on any atom is 0.312 e. The van der Waals surface area contributed by atoms with Gasteiger partial charge in [0.2, 0.25) is 0 Å². The number of amides is 2. The van der Waals surface area contributed by atoms with Crippen LogP contribution in [0.2, 0.25) is 0 Å². The highest BCUT2D eigenvalue weighted by molar-refractivity contribution is 5.73. The summed E-state index contributed by atoms with van der Waals surface area (Å²) in [5.41, 5.74) is 4.53. The number of hydrogen-bond acceptors (Lipinski definition) is 2. The van der Waals surface area contributed by atoms with Crippen LogP contribution in [-0.4, -0.2) is 23.6 Å². The molecule has 0 aromatic heterocycles. The summed E-state index contributed by atoms with van der Waals surface area (Å²) in [4.78, 5) is 20.4. The Hall–Kier alpha value is -1.26. The minimum atomic E-state index is -3.23. The first-order chi connectivity index (χ1) is 5.61. The van der Waals surface area contributed by atoms with E-state index in [1.165, 1.54) is 5.32 Å². The average molecular weight is 136 g/mol. The molecule has 9 heavy (non-hydrogen) atoms. The molecule has 0 aliphatic heterocycles. The molecule has 4 N–H and O–H groups in total. The van der Waals surface area contributed by atoms with Gasteiger partial charge in [0, 0.05) is 12.0 Å². The number of primary amides is 1. The second-order valence-electron chi connectivity index (χ2n) is 1.04. The first-order valence-corrected chi connectivity index (χ1v) is 1.92. The SMILES string of the molecule is [2H]C([2H])(NC(N)=O)C([2H])([2H])C(=O)O. The molecule has 0 aliphatic carbocycles. The van der Waals surface area contributed by atoms with Crippen LogP contribution in [-0.2, 0) is 4.79 Å². The van der Waals surface area contributed by atoms with Crippen LogP contribution in [0, 0.1) is 0 Å². The van der Waals surface area contributed by atoms with E-state index in [0.717, 1.165) is 0 Å². The summed E-state index contributed by atoms with van der Waals surface area (Å²) in [6.07, 6.45) is -3.23. The number of carboxylic acids is 1. The zero-order valence-corrected chi connectivity index (χ0v) is 4.34. The summed E-state index contributed by atoms with van der Waals surface area (Å²) >= 11 is 0. The highest BCUT2D eigenvalue weighted by Crippen LogP contribution is 1.72. The van der Waals surface area contributed by atoms with Gasteiger partial charge in [0.1, 0.15) is 0 Å². The van der Waals surface area contributed by atoms with Crippen molar-refractivity contribution in [3.8, 4) is 0 Å². The molecule has 0 fully saturated rings. The van der Waals surface area contributed by atoms with Gasteiger partial charge < -0.3 is 16.2 Å². The van der Waals surface area contributed by atoms with Crippen LogP contribution in [0.1, 0.15) is 11.9 Å². The van der Waals surface area contributed by atoms with Gasteiger partial charge in [0.15, 0.2) is 0 Å². The third-order valence-corrected chi connectivity index (χ3v) is 0.355. The quantitative estimate of drug-likeness (QED) is 0.470. The van der Waals surface area contributed by atoms with E-state index < -0.39 is 24.9 Å². The second kappa shape index (κ2) is 3.71. The molecule has 5 nitrogen and oxygen atoms in total. The predicted octanol–water partition coefficient (Wildman–Crippen LogP) is -0.871. The molecule has 0 aliphatic rings. The van der Waals surface area contributed by atoms with Crippen molar-refractivity contribution in [2.75, 3.05) is 6.50 Å². The van der Waals surface area contributed by atoms with Gasteiger partial charge in [0.05, 0.1) is 6.37 Å². The molecule has 0 atom stereocenters. The molecule has 0 bridgehead atoms. The fourth-order valence-electron chi connectivity index (χ4n) is 0.146. The van der Waals surface area contributed by atoms with Gasteiger partial charge in [-0.3, -0.25) is 4.79 Å². The van der Waals surface area contributed by atoms with Crippen LogP contribution in [0.5, 0.6) is 0 Å². The number of rotatable bonds is 3. The number of nitrogens with one attached hydrogen (secondary N) is 1. The van der Waals surface area contributed by atoms with E-state index in [1.54, 1.807) is 0 Å². The number of hydrogen-bond donors (Lipinski definition) is 3. The largest absolute Gasteiger partial charge is 0.481 e. The zero-order chi connectivity index (χ0) is 10.9. The minimum Gasteiger partial charge on any atom is -0.481 e. The Bertz CT molecular complexity index is 242. The Morgan fingerprint density at radius 2 is 2.33 bits per heavy atom. The van der Waals surface area contributed by atoms with E-state index in [1.807, 2.05) is 0 Å². The molecule has 0 heterocycles. The van der Waals surface area contributed by atoms with Crippen molar-refractivity contribution in [3.63, 3.8) is 0 Å². The minimum absolute atomic E-state index is 1.34. The maximum absolute atomic E-state index is 10.2. The number of urea groups is 1. The molecule has 52 valence electrons. The molecule has 2 amide bonds. The molecule has 0 radical (unpaired) electrons. The molecule has 0 aromatic rings. The van der Waals surface area contributed by atoms with Crippen LogP contribution < -0.4 is 11.1 Å². The van der Waals surface area contributed by atoms with Crippen molar-refractivity contribution in [1.29, 1.82) is 0 Å². The van der Waals surface area contributed by atoms with Gasteiger partial charge in [-0.15, -0.1) is 0 Å². The summed E-state index contributed by atoms with van der Waals surface area (Å²) in [7, 11) is 0. The lowest BCUT2D eigenvalue weighted by Crippen LogP contribution is -2.31. The lowest BCUT2D eigenvalue weighted by Gasteiger charge is -1.95. The first kappa shape index (κ1) is 3.05. The lowest BCUT2D eigenvalue weighted by molar-refractivity contribution is -0.136. The molecule has 0 aromatic carbocycles. The topological polar surface area (TPSA) is 92.4 Å². The van der Waals surface area contributed by atoms with Crippen molar-refractivity contribution >= 4 is 12.0 Å². The van der Waals surface area contributed by atoms with Crippen LogP contribution in [0.3, 0.4) is 0 Å². The van der Waals surface area contributed by atoms with E-state index in [9.17, 15) is 9.59 Å². The van der Waals surface area contributed by atoms with Crippen LogP contribution >= 0.6 is 0 Å². The molecule has 0 unspecified atom stereocenters. The number of nitrogens with two attached hydrogens (primary N) is 1. The zero-order valence-electron chi connectivity index (χ0n) is 8.34. The highest BCUT2D eigenvalue weighted by atomic mass is 16.4. The van der Waals surface area contributed by atoms with Crippen molar-refractivity contribution in [2.45, 2.75) is 6.37 Å². The van der Waals surface area contributed by atoms with Gasteiger partial charge >= 0.3 is 12.0 Å². The van der Waals surface area contributed by atoms with Gasteiger partial charge in [0.25, 0.3) is 0 Å². The molecule has 0 saturated heterocycles. The van der Waals surface area contributed by atoms with Crippen molar-refractivity contribution in [2.24, 2.45) is 5.73 Å². The third-order valence-electron chi connectivity index (χ3n) is 0.355. The van der Waals surface area contributed by atoms with Gasteiger partial charge in [-0.25, -0.2) is 4.79 Å². The highest BCUT2D eigenvalue weighted by Gasteiger charge is 1.95. The van der Waals surface area contributed by atoms with Crippen LogP contribution in [0.25, 0.3) is 0 Å². The Balaban J connectivity index is 4.80. The van der Waals surface area contributed by atoms with Crippen LogP contribution in [0.15, 0.2) is 0 Å². The summed E-state index contributed by atoms with van der Waals surface area (Å²) in [6.45, 7) is -3.05. The second-order valence-corrected chi connectivity index (χ2v) is 1.04. The van der Waals surface area contributed by atoms with E-state index in [-0.39, 0.29) is 0 Å². The average Bonchev–Trinajstić information content (AvgIpc) is 1.83. The fraction of sp³-hybridized carbons (Fsp3) is 0.500. The third kappa shape index (κ3) is 6.74. The summed E-state index contributed by atoms with van der Waals surface area (Å²) in [6, 6.07) is -1.34. The van der Waals surface area contributed by atoms with Crippen molar-refractivity contribution in [1.82, 2.24) is 5.32 Å². The van der Waals surface area contributed by atoms with Crippen molar-refractivity contribution in [3.05, 3.63) is 0 Å². The van der Waals surface area contributed by atoms with Gasteiger partial charge in [-0.1, -0.05) is 0 Å². The number of carboxylic acid groups (broad SMARTS) is 1. The smallest absolute Gasteiger partial charge is 0.312 e. The summed E-state index contributed by atoms with van der Waals surface area (Å²) in [5.74, 6) is -2.02. The van der Waals surface area contributed by atoms with Gasteiger partial charge in [-0.2, -0.15) is 0 Å². The van der Waals surface area contributed by atoms with Crippen molar-refractivity contribution < 1.29 is 20.2 Å². The number of carbonyl (C=O) groups is 2. The predicted molar refractivity (Wildman–Crippen MR) is 29.8 cm³/mol. The molecule has 0 rings (SSSR count). The molecule has 0 spiro atoms. The molecule has 0 saturated carbocycles. The molecular weight excluding hydrogens is 124 g/mol. The Labute approximate surface area is 57.5 Å². The van der Waals surface area contributed by atoms with E-state index in [0.29, 0.717) is 0 Å². The van der Waals surface area contributed by atoms with E-state index in [4.69, 9.17) is 10.6 Å². The van der Waals surface area contributed by atoms with E-state index in [2.05, 4.69) is 5.73 Å². The van der Waals surface area contributed by atoms with E-state index >= 15 is 0 Å². The lowest BCUT2D eigenvalue weighted by atomic mass is 10.4. The maximum atomic E-state index is 10.2. The Kier molecular flexibility index (Phi) is 1.26. The number of aliphatic carboxylic acids is 1. The Morgan fingerprint density at radius 3 is 2.67 bits per heavy atom. The summed E-state index contributed by atoms with van der Waals surface area (Å²) in [5, 5.41) is 9.64. The first-order valence-electron chi connectivity index (χ1n) is 3.92. The molecule has 5 heteroatoms. The molecular formula is C4H8N2O3. The fourth-order valence-corrected chi connectivity index (χ4v) is 0.146. The monoisotopic (exact) mass is 136 g/mol. The Morgan fingerprint density at radius 1 is 1.78 bits per heavy atom. The normalized spacial score (nSPS) is 18.2. The van der Waals surface area contributed by atoms with Crippen LogP contribution in [0.4, 0.5) is 4.79 Å².